The van der Waals surface area contributed by atoms with E-state index in [1.54, 1.807) is 12.1 Å². The highest BCUT2D eigenvalue weighted by Crippen LogP contribution is 2.22. The lowest BCUT2D eigenvalue weighted by Gasteiger charge is -2.03. The zero-order valence-corrected chi connectivity index (χ0v) is 8.63. The number of aliphatic hydroxyl groups is 1. The molecule has 3 nitrogen and oxygen atoms in total. The lowest BCUT2D eigenvalue weighted by Crippen LogP contribution is -1.85. The second-order valence-electron chi connectivity index (χ2n) is 3.47. The van der Waals surface area contributed by atoms with Gasteiger partial charge < -0.3 is 9.99 Å². The Hall–Kier alpha value is -1.84. The molecule has 0 saturated heterocycles. The fourth-order valence-electron chi connectivity index (χ4n) is 1.51. The van der Waals surface area contributed by atoms with Gasteiger partial charge in [0.05, 0.1) is 6.61 Å². The summed E-state index contributed by atoms with van der Waals surface area (Å²) in [4.78, 5) is 4.11. The van der Waals surface area contributed by atoms with Crippen LogP contribution in [0.1, 0.15) is 5.56 Å². The molecule has 0 saturated carbocycles. The van der Waals surface area contributed by atoms with E-state index in [4.69, 9.17) is 10.4 Å². The van der Waals surface area contributed by atoms with Crippen molar-refractivity contribution < 1.29 is 15.3 Å². The Labute approximate surface area is 93.5 Å². The van der Waals surface area contributed by atoms with Crippen molar-refractivity contribution in [3.63, 3.8) is 0 Å². The number of benzene rings is 2. The topological polar surface area (TPSA) is 49.7 Å². The maximum atomic E-state index is 8.92. The van der Waals surface area contributed by atoms with E-state index in [0.29, 0.717) is 5.75 Å². The average molecular weight is 216 g/mol. The largest absolute Gasteiger partial charge is 0.392 e. The Morgan fingerprint density at radius 3 is 1.75 bits per heavy atom. The third-order valence-electron chi connectivity index (χ3n) is 2.43. The summed E-state index contributed by atoms with van der Waals surface area (Å²) >= 11 is 0. The van der Waals surface area contributed by atoms with Crippen LogP contribution in [0.4, 0.5) is 0 Å². The van der Waals surface area contributed by atoms with E-state index in [9.17, 15) is 0 Å². The van der Waals surface area contributed by atoms with Crippen molar-refractivity contribution in [3.05, 3.63) is 54.1 Å². The van der Waals surface area contributed by atoms with Crippen LogP contribution < -0.4 is 4.89 Å². The molecule has 0 heterocycles. The second kappa shape index (κ2) is 4.79. The Morgan fingerprint density at radius 1 is 0.812 bits per heavy atom. The second-order valence-corrected chi connectivity index (χ2v) is 3.47. The van der Waals surface area contributed by atoms with E-state index in [1.165, 1.54) is 0 Å². The predicted molar refractivity (Wildman–Crippen MR) is 61.1 cm³/mol. The molecule has 16 heavy (non-hydrogen) atoms. The molecule has 0 bridgehead atoms. The van der Waals surface area contributed by atoms with E-state index in [0.717, 1.165) is 16.7 Å². The van der Waals surface area contributed by atoms with E-state index in [-0.39, 0.29) is 6.61 Å². The Morgan fingerprint density at radius 2 is 1.31 bits per heavy atom. The van der Waals surface area contributed by atoms with Crippen LogP contribution in [0, 0.1) is 0 Å². The SMILES string of the molecule is OCc1ccc(-c2ccc(OO)cc2)cc1. The van der Waals surface area contributed by atoms with Gasteiger partial charge >= 0.3 is 0 Å². The van der Waals surface area contributed by atoms with Crippen LogP contribution in [0.15, 0.2) is 48.5 Å². The summed E-state index contributed by atoms with van der Waals surface area (Å²) in [6.45, 7) is 0.0531. The van der Waals surface area contributed by atoms with Crippen molar-refractivity contribution in [1.29, 1.82) is 0 Å². The molecular formula is C13H12O3. The first kappa shape index (κ1) is 10.7. The van der Waals surface area contributed by atoms with Crippen LogP contribution in [-0.4, -0.2) is 10.4 Å². The van der Waals surface area contributed by atoms with Crippen molar-refractivity contribution in [2.75, 3.05) is 0 Å². The fourth-order valence-corrected chi connectivity index (χ4v) is 1.51. The number of hydrogen-bond donors (Lipinski definition) is 2. The van der Waals surface area contributed by atoms with Gasteiger partial charge in [0.25, 0.3) is 0 Å². The third kappa shape index (κ3) is 2.21. The van der Waals surface area contributed by atoms with Crippen molar-refractivity contribution in [2.45, 2.75) is 6.61 Å². The molecule has 0 aliphatic rings. The molecule has 82 valence electrons. The third-order valence-corrected chi connectivity index (χ3v) is 2.43. The molecule has 0 aliphatic heterocycles. The van der Waals surface area contributed by atoms with Crippen LogP contribution in [0.3, 0.4) is 0 Å². The molecule has 0 radical (unpaired) electrons. The average Bonchev–Trinajstić information content (AvgIpc) is 2.39. The first-order valence-electron chi connectivity index (χ1n) is 4.95. The predicted octanol–water partition coefficient (Wildman–Crippen LogP) is 2.70. The molecule has 0 spiro atoms. The minimum Gasteiger partial charge on any atom is -0.392 e. The van der Waals surface area contributed by atoms with E-state index in [2.05, 4.69) is 4.89 Å². The molecule has 2 aromatic rings. The molecule has 2 N–H and O–H groups in total. The van der Waals surface area contributed by atoms with Crippen molar-refractivity contribution in [2.24, 2.45) is 0 Å². The summed E-state index contributed by atoms with van der Waals surface area (Å²) in [5, 5.41) is 17.4. The zero-order valence-electron chi connectivity index (χ0n) is 8.63. The van der Waals surface area contributed by atoms with E-state index < -0.39 is 0 Å². The highest BCUT2D eigenvalue weighted by atomic mass is 17.1. The van der Waals surface area contributed by atoms with Crippen LogP contribution in [0.2, 0.25) is 0 Å². The van der Waals surface area contributed by atoms with Crippen LogP contribution in [-0.2, 0) is 6.61 Å². The molecule has 0 amide bonds. The lowest BCUT2D eigenvalue weighted by atomic mass is 10.0. The van der Waals surface area contributed by atoms with Crippen molar-refractivity contribution in [3.8, 4) is 16.9 Å². The monoisotopic (exact) mass is 216 g/mol. The molecule has 0 fully saturated rings. The minimum absolute atomic E-state index is 0.0531. The molecule has 2 aromatic carbocycles. The van der Waals surface area contributed by atoms with E-state index in [1.807, 2.05) is 36.4 Å². The maximum Gasteiger partial charge on any atom is 0.165 e. The smallest absolute Gasteiger partial charge is 0.165 e. The van der Waals surface area contributed by atoms with Gasteiger partial charge in [0.15, 0.2) is 5.75 Å². The van der Waals surface area contributed by atoms with Gasteiger partial charge in [-0.2, -0.15) is 0 Å². The molecule has 0 aromatic heterocycles. The quantitative estimate of drug-likeness (QED) is 0.612. The number of aliphatic hydroxyl groups excluding tert-OH is 1. The van der Waals surface area contributed by atoms with Gasteiger partial charge in [-0.15, -0.1) is 0 Å². The summed E-state index contributed by atoms with van der Waals surface area (Å²) in [6.07, 6.45) is 0. The van der Waals surface area contributed by atoms with Crippen LogP contribution >= 0.6 is 0 Å². The maximum absolute atomic E-state index is 8.92. The van der Waals surface area contributed by atoms with Gasteiger partial charge in [-0.05, 0) is 28.8 Å². The van der Waals surface area contributed by atoms with Gasteiger partial charge in [-0.3, -0.25) is 0 Å². The normalized spacial score (nSPS) is 10.1. The Balaban J connectivity index is 2.28. The standard InChI is InChI=1S/C13H12O3/c14-9-10-1-3-11(4-2-10)12-5-7-13(16-15)8-6-12/h1-8,14-15H,9H2. The first-order valence-corrected chi connectivity index (χ1v) is 4.95. The van der Waals surface area contributed by atoms with E-state index >= 15 is 0 Å². The van der Waals surface area contributed by atoms with Gasteiger partial charge in [-0.1, -0.05) is 36.4 Å². The lowest BCUT2D eigenvalue weighted by molar-refractivity contribution is -0.137. The molecule has 0 unspecified atom stereocenters. The highest BCUT2D eigenvalue weighted by Gasteiger charge is 1.98. The highest BCUT2D eigenvalue weighted by molar-refractivity contribution is 5.64. The van der Waals surface area contributed by atoms with Gasteiger partial charge in [-0.25, -0.2) is 5.26 Å². The summed E-state index contributed by atoms with van der Waals surface area (Å²) < 4.78 is 0. The molecule has 0 atom stereocenters. The number of hydrogen-bond acceptors (Lipinski definition) is 3. The van der Waals surface area contributed by atoms with Crippen LogP contribution in [0.25, 0.3) is 11.1 Å². The fraction of sp³-hybridized carbons (Fsp3) is 0.0769. The Kier molecular flexibility index (Phi) is 3.19. The summed E-state index contributed by atoms with van der Waals surface area (Å²) in [5.74, 6) is 0.413. The summed E-state index contributed by atoms with van der Waals surface area (Å²) in [6, 6.07) is 14.8. The van der Waals surface area contributed by atoms with Gasteiger partial charge in [0.2, 0.25) is 0 Å². The van der Waals surface area contributed by atoms with Gasteiger partial charge in [0, 0.05) is 0 Å². The van der Waals surface area contributed by atoms with Crippen molar-refractivity contribution in [1.82, 2.24) is 0 Å². The summed E-state index contributed by atoms with van der Waals surface area (Å²) in [7, 11) is 0. The van der Waals surface area contributed by atoms with Crippen LogP contribution in [0.5, 0.6) is 5.75 Å². The molecule has 3 heteroatoms. The Bertz CT molecular complexity index is 400. The molecule has 0 aliphatic carbocycles. The summed E-state index contributed by atoms with van der Waals surface area (Å²) in [5.41, 5.74) is 2.98. The minimum atomic E-state index is 0.0531. The van der Waals surface area contributed by atoms with Crippen molar-refractivity contribution >= 4 is 0 Å². The molecule has 2 rings (SSSR count). The first-order chi connectivity index (χ1) is 7.83. The molecular weight excluding hydrogens is 204 g/mol. The zero-order chi connectivity index (χ0) is 11.4. The van der Waals surface area contributed by atoms with Gasteiger partial charge in [0.1, 0.15) is 0 Å². The number of rotatable bonds is 3.